The van der Waals surface area contributed by atoms with Crippen molar-refractivity contribution in [3.63, 3.8) is 0 Å². The van der Waals surface area contributed by atoms with Gasteiger partial charge in [-0.05, 0) is 102 Å². The van der Waals surface area contributed by atoms with Crippen molar-refractivity contribution in [1.82, 2.24) is 0 Å². The van der Waals surface area contributed by atoms with Gasteiger partial charge in [0.05, 0.1) is 11.2 Å². The van der Waals surface area contributed by atoms with Crippen LogP contribution in [0.4, 0.5) is 0 Å². The van der Waals surface area contributed by atoms with Gasteiger partial charge in [0.1, 0.15) is 0 Å². The fraction of sp³-hybridized carbons (Fsp3) is 0.250. The maximum Gasteiger partial charge on any atom is 0.494 e. The summed E-state index contributed by atoms with van der Waals surface area (Å²) in [5.74, 6) is 0. The second-order valence-electron chi connectivity index (χ2n) is 10.9. The van der Waals surface area contributed by atoms with E-state index in [9.17, 15) is 0 Å². The lowest BCUT2D eigenvalue weighted by atomic mass is 9.76. The van der Waals surface area contributed by atoms with Crippen LogP contribution in [0.25, 0.3) is 43.4 Å². The van der Waals surface area contributed by atoms with Crippen LogP contribution in [-0.4, -0.2) is 18.3 Å². The van der Waals surface area contributed by atoms with Crippen LogP contribution in [0.15, 0.2) is 78.9 Å². The maximum atomic E-state index is 6.33. The summed E-state index contributed by atoms with van der Waals surface area (Å²) in [5, 5.41) is 7.83. The molecule has 6 rings (SSSR count). The van der Waals surface area contributed by atoms with E-state index in [0.717, 1.165) is 5.46 Å². The van der Waals surface area contributed by atoms with Gasteiger partial charge in [-0.2, -0.15) is 0 Å². The SMILES string of the molecule is Cc1cc(B2OC(C)(C)C(C)(C)O2)ccc1-c1c(C)ccc2c3ccccc3c3ccccc3c12. The van der Waals surface area contributed by atoms with Crippen molar-refractivity contribution in [2.24, 2.45) is 0 Å². The molecule has 35 heavy (non-hydrogen) atoms. The molecular formula is C32H31BO2. The van der Waals surface area contributed by atoms with E-state index in [1.54, 1.807) is 0 Å². The molecule has 0 N–H and O–H groups in total. The molecule has 0 aromatic heterocycles. The van der Waals surface area contributed by atoms with Gasteiger partial charge in [-0.1, -0.05) is 78.9 Å². The lowest BCUT2D eigenvalue weighted by Crippen LogP contribution is -2.41. The van der Waals surface area contributed by atoms with Gasteiger partial charge in [0, 0.05) is 0 Å². The minimum absolute atomic E-state index is 0.351. The van der Waals surface area contributed by atoms with Gasteiger partial charge in [0.2, 0.25) is 0 Å². The summed E-state index contributed by atoms with van der Waals surface area (Å²) in [7, 11) is -0.355. The number of rotatable bonds is 2. The van der Waals surface area contributed by atoms with Gasteiger partial charge in [0.25, 0.3) is 0 Å². The van der Waals surface area contributed by atoms with Crippen LogP contribution in [0.2, 0.25) is 0 Å². The van der Waals surface area contributed by atoms with E-state index in [-0.39, 0.29) is 18.3 Å². The third-order valence-corrected chi connectivity index (χ3v) is 8.16. The predicted octanol–water partition coefficient (Wildman–Crippen LogP) is 7.73. The molecule has 5 aromatic rings. The molecule has 174 valence electrons. The molecule has 1 fully saturated rings. The number of hydrogen-bond acceptors (Lipinski definition) is 2. The smallest absolute Gasteiger partial charge is 0.399 e. The Morgan fingerprint density at radius 2 is 1.09 bits per heavy atom. The first-order chi connectivity index (χ1) is 16.7. The first-order valence-electron chi connectivity index (χ1n) is 12.5. The fourth-order valence-electron chi connectivity index (χ4n) is 5.54. The zero-order valence-corrected chi connectivity index (χ0v) is 21.4. The van der Waals surface area contributed by atoms with Crippen molar-refractivity contribution >= 4 is 44.9 Å². The topological polar surface area (TPSA) is 18.5 Å². The van der Waals surface area contributed by atoms with Crippen molar-refractivity contribution in [2.75, 3.05) is 0 Å². The van der Waals surface area contributed by atoms with Crippen LogP contribution >= 0.6 is 0 Å². The first-order valence-corrected chi connectivity index (χ1v) is 12.5. The highest BCUT2D eigenvalue weighted by Gasteiger charge is 2.51. The Labute approximate surface area is 208 Å². The highest BCUT2D eigenvalue weighted by Crippen LogP contribution is 2.42. The summed E-state index contributed by atoms with van der Waals surface area (Å²) in [6.07, 6.45) is 0. The molecule has 1 aliphatic rings. The Kier molecular flexibility index (Phi) is 4.90. The average molecular weight is 458 g/mol. The average Bonchev–Trinajstić information content (AvgIpc) is 3.06. The Balaban J connectivity index is 1.59. The summed E-state index contributed by atoms with van der Waals surface area (Å²) >= 11 is 0. The quantitative estimate of drug-likeness (QED) is 0.199. The summed E-state index contributed by atoms with van der Waals surface area (Å²) in [5.41, 5.74) is 5.44. The molecule has 0 aliphatic carbocycles. The molecule has 5 aromatic carbocycles. The minimum atomic E-state index is -0.355. The van der Waals surface area contributed by atoms with E-state index < -0.39 is 0 Å². The zero-order chi connectivity index (χ0) is 24.5. The standard InChI is InChI=1S/C32H31BO2/c1-20-15-17-28-26-13-8-7-11-24(26)25-12-9-10-14-27(25)30(28)29(20)23-18-16-22(19-21(23)2)33-34-31(3,4)32(5,6)35-33/h7-19H,1-6H3. The largest absolute Gasteiger partial charge is 0.494 e. The number of fused-ring (bicyclic) bond motifs is 6. The monoisotopic (exact) mass is 458 g/mol. The van der Waals surface area contributed by atoms with Crippen molar-refractivity contribution in [2.45, 2.75) is 52.7 Å². The van der Waals surface area contributed by atoms with Gasteiger partial charge in [-0.3, -0.25) is 0 Å². The van der Waals surface area contributed by atoms with Gasteiger partial charge in [0.15, 0.2) is 0 Å². The molecule has 0 radical (unpaired) electrons. The van der Waals surface area contributed by atoms with E-state index in [1.807, 2.05) is 0 Å². The molecule has 1 aliphatic heterocycles. The molecule has 0 unspecified atom stereocenters. The van der Waals surface area contributed by atoms with E-state index in [4.69, 9.17) is 9.31 Å². The van der Waals surface area contributed by atoms with Gasteiger partial charge in [-0.25, -0.2) is 0 Å². The number of aryl methyl sites for hydroxylation is 2. The van der Waals surface area contributed by atoms with Crippen molar-refractivity contribution in [3.05, 3.63) is 90.0 Å². The normalized spacial score (nSPS) is 17.0. The maximum absolute atomic E-state index is 6.33. The van der Waals surface area contributed by atoms with Crippen molar-refractivity contribution in [3.8, 4) is 11.1 Å². The highest BCUT2D eigenvalue weighted by atomic mass is 16.7. The third kappa shape index (κ3) is 3.33. The van der Waals surface area contributed by atoms with Crippen molar-refractivity contribution in [1.29, 1.82) is 0 Å². The Bertz CT molecular complexity index is 1580. The van der Waals surface area contributed by atoms with Gasteiger partial charge in [-0.15, -0.1) is 0 Å². The van der Waals surface area contributed by atoms with E-state index in [2.05, 4.69) is 120 Å². The van der Waals surface area contributed by atoms with Crippen molar-refractivity contribution < 1.29 is 9.31 Å². The molecule has 2 nitrogen and oxygen atoms in total. The third-order valence-electron chi connectivity index (χ3n) is 8.16. The van der Waals surface area contributed by atoms with Gasteiger partial charge < -0.3 is 9.31 Å². The van der Waals surface area contributed by atoms with Crippen LogP contribution in [0.3, 0.4) is 0 Å². The number of benzene rings is 5. The molecule has 1 saturated heterocycles. The minimum Gasteiger partial charge on any atom is -0.399 e. The van der Waals surface area contributed by atoms with Crippen LogP contribution in [0.5, 0.6) is 0 Å². The van der Waals surface area contributed by atoms with E-state index >= 15 is 0 Å². The van der Waals surface area contributed by atoms with Crippen LogP contribution in [0.1, 0.15) is 38.8 Å². The molecule has 1 heterocycles. The summed E-state index contributed by atoms with van der Waals surface area (Å²) in [6, 6.07) is 28.8. The summed E-state index contributed by atoms with van der Waals surface area (Å²) in [6.45, 7) is 12.8. The fourth-order valence-corrected chi connectivity index (χ4v) is 5.54. The Morgan fingerprint density at radius 3 is 1.66 bits per heavy atom. The molecular weight excluding hydrogens is 427 g/mol. The molecule has 3 heteroatoms. The predicted molar refractivity (Wildman–Crippen MR) is 150 cm³/mol. The highest BCUT2D eigenvalue weighted by molar-refractivity contribution is 6.62. The molecule has 0 saturated carbocycles. The summed E-state index contributed by atoms with van der Waals surface area (Å²) in [4.78, 5) is 0. The Morgan fingerprint density at radius 1 is 0.571 bits per heavy atom. The molecule has 0 spiro atoms. The lowest BCUT2D eigenvalue weighted by Gasteiger charge is -2.32. The second-order valence-corrected chi connectivity index (χ2v) is 10.9. The number of hydrogen-bond donors (Lipinski definition) is 0. The van der Waals surface area contributed by atoms with E-state index in [0.29, 0.717) is 0 Å². The van der Waals surface area contributed by atoms with Crippen LogP contribution < -0.4 is 5.46 Å². The summed E-state index contributed by atoms with van der Waals surface area (Å²) < 4.78 is 12.7. The van der Waals surface area contributed by atoms with Crippen LogP contribution in [-0.2, 0) is 9.31 Å². The molecule has 0 bridgehead atoms. The molecule has 0 amide bonds. The second kappa shape index (κ2) is 7.68. The molecule has 0 atom stereocenters. The first kappa shape index (κ1) is 22.3. The zero-order valence-electron chi connectivity index (χ0n) is 21.4. The Hall–Kier alpha value is -3.14. The lowest BCUT2D eigenvalue weighted by molar-refractivity contribution is 0.00578. The van der Waals surface area contributed by atoms with E-state index in [1.165, 1.54) is 54.6 Å². The van der Waals surface area contributed by atoms with Crippen LogP contribution in [0, 0.1) is 13.8 Å². The van der Waals surface area contributed by atoms with Gasteiger partial charge >= 0.3 is 7.12 Å².